The Balaban J connectivity index is 1.81. The number of thiophene rings is 1. The van der Waals surface area contributed by atoms with Crippen LogP contribution in [0, 0.1) is 0 Å². The van der Waals surface area contributed by atoms with Gasteiger partial charge in [-0.3, -0.25) is 10.2 Å². The fraction of sp³-hybridized carbons (Fsp3) is 0. The molecule has 2 N–H and O–H groups in total. The lowest BCUT2D eigenvalue weighted by Crippen LogP contribution is -2.41. The normalized spacial score (nSPS) is 11.6. The number of hydrazine groups is 1. The van der Waals surface area contributed by atoms with Crippen LogP contribution in [0.25, 0.3) is 10.1 Å². The Morgan fingerprint density at radius 3 is 2.50 bits per heavy atom. The fourth-order valence-corrected chi connectivity index (χ4v) is 4.58. The molecule has 0 spiro atoms. The van der Waals surface area contributed by atoms with Crippen molar-refractivity contribution in [2.45, 2.75) is 4.90 Å². The molecule has 1 amide bonds. The Morgan fingerprint density at radius 2 is 1.79 bits per heavy atom. The number of nitrogens with one attached hydrogen (secondary N) is 2. The van der Waals surface area contributed by atoms with E-state index in [1.54, 1.807) is 12.1 Å². The second-order valence-electron chi connectivity index (χ2n) is 4.76. The standard InChI is InChI=1S/C15H10Cl2N2O3S2/c16-9-4-3-5-10(8-9)24(21,22)19-18-15(20)14-13(17)11-6-1-2-7-12(11)23-14/h1-8,19H,(H,18,20). The van der Waals surface area contributed by atoms with Gasteiger partial charge in [-0.25, -0.2) is 8.42 Å². The summed E-state index contributed by atoms with van der Waals surface area (Å²) >= 11 is 13.2. The fourth-order valence-electron chi connectivity index (χ4n) is 2.02. The predicted molar refractivity (Wildman–Crippen MR) is 96.1 cm³/mol. The van der Waals surface area contributed by atoms with Crippen LogP contribution in [0.5, 0.6) is 0 Å². The molecule has 2 aromatic carbocycles. The number of benzene rings is 2. The van der Waals surface area contributed by atoms with Gasteiger partial charge in [0, 0.05) is 15.1 Å². The molecule has 1 aromatic heterocycles. The van der Waals surface area contributed by atoms with Crippen LogP contribution in [0.3, 0.4) is 0 Å². The first-order valence-electron chi connectivity index (χ1n) is 6.63. The molecule has 3 aromatic rings. The molecule has 0 saturated carbocycles. The van der Waals surface area contributed by atoms with E-state index in [9.17, 15) is 13.2 Å². The minimum Gasteiger partial charge on any atom is -0.273 e. The van der Waals surface area contributed by atoms with Gasteiger partial charge in [0.2, 0.25) is 0 Å². The van der Waals surface area contributed by atoms with Gasteiger partial charge in [0.1, 0.15) is 4.88 Å². The quantitative estimate of drug-likeness (QED) is 0.653. The number of amides is 1. The third-order valence-corrected chi connectivity index (χ3v) is 6.30. The zero-order chi connectivity index (χ0) is 17.3. The molecule has 0 fully saturated rings. The second-order valence-corrected chi connectivity index (χ2v) is 8.31. The van der Waals surface area contributed by atoms with Crippen molar-refractivity contribution in [3.8, 4) is 0 Å². The molecule has 3 rings (SSSR count). The van der Waals surface area contributed by atoms with Gasteiger partial charge in [-0.1, -0.05) is 47.5 Å². The Labute approximate surface area is 152 Å². The van der Waals surface area contributed by atoms with Crippen LogP contribution in [0.15, 0.2) is 53.4 Å². The Hall–Kier alpha value is -1.64. The van der Waals surface area contributed by atoms with Crippen LogP contribution in [-0.4, -0.2) is 14.3 Å². The van der Waals surface area contributed by atoms with E-state index in [0.717, 1.165) is 10.1 Å². The molecule has 0 aliphatic rings. The molecule has 0 atom stereocenters. The maximum atomic E-state index is 12.2. The summed E-state index contributed by atoms with van der Waals surface area (Å²) in [6.07, 6.45) is 0. The van der Waals surface area contributed by atoms with E-state index in [0.29, 0.717) is 0 Å². The highest BCUT2D eigenvalue weighted by atomic mass is 35.5. The molecule has 0 radical (unpaired) electrons. The number of hydrogen-bond acceptors (Lipinski definition) is 4. The number of hydrogen-bond donors (Lipinski definition) is 2. The Kier molecular flexibility index (Phi) is 4.80. The van der Waals surface area contributed by atoms with Gasteiger partial charge < -0.3 is 0 Å². The first kappa shape index (κ1) is 17.2. The first-order valence-corrected chi connectivity index (χ1v) is 9.69. The summed E-state index contributed by atoms with van der Waals surface area (Å²) in [4.78, 5) is 14.4. The van der Waals surface area contributed by atoms with Crippen molar-refractivity contribution in [3.63, 3.8) is 0 Å². The summed E-state index contributed by atoms with van der Waals surface area (Å²) in [7, 11) is -3.93. The third-order valence-electron chi connectivity index (χ3n) is 3.15. The van der Waals surface area contributed by atoms with Crippen LogP contribution in [-0.2, 0) is 10.0 Å². The second kappa shape index (κ2) is 6.70. The molecule has 9 heteroatoms. The summed E-state index contributed by atoms with van der Waals surface area (Å²) in [6, 6.07) is 13.0. The molecule has 5 nitrogen and oxygen atoms in total. The van der Waals surface area contributed by atoms with Gasteiger partial charge >= 0.3 is 0 Å². The van der Waals surface area contributed by atoms with Gasteiger partial charge in [-0.2, -0.15) is 0 Å². The maximum Gasteiger partial charge on any atom is 0.277 e. The average Bonchev–Trinajstić information content (AvgIpc) is 2.90. The van der Waals surface area contributed by atoms with E-state index in [1.165, 1.54) is 29.5 Å². The highest BCUT2D eigenvalue weighted by Crippen LogP contribution is 2.34. The highest BCUT2D eigenvalue weighted by Gasteiger charge is 2.20. The average molecular weight is 401 g/mol. The number of carbonyl (C=O) groups excluding carboxylic acids is 1. The van der Waals surface area contributed by atoms with Crippen molar-refractivity contribution < 1.29 is 13.2 Å². The van der Waals surface area contributed by atoms with Gasteiger partial charge in [0.15, 0.2) is 0 Å². The topological polar surface area (TPSA) is 75.3 Å². The Morgan fingerprint density at radius 1 is 1.04 bits per heavy atom. The molecule has 124 valence electrons. The van der Waals surface area contributed by atoms with Gasteiger partial charge in [-0.15, -0.1) is 16.2 Å². The van der Waals surface area contributed by atoms with Crippen LogP contribution >= 0.6 is 34.5 Å². The zero-order valence-electron chi connectivity index (χ0n) is 11.9. The largest absolute Gasteiger partial charge is 0.277 e. The van der Waals surface area contributed by atoms with Crippen molar-refractivity contribution in [1.29, 1.82) is 0 Å². The summed E-state index contributed by atoms with van der Waals surface area (Å²) in [5, 5.41) is 1.30. The molecule has 24 heavy (non-hydrogen) atoms. The van der Waals surface area contributed by atoms with Gasteiger partial charge in [0.05, 0.1) is 9.92 Å². The van der Waals surface area contributed by atoms with Crippen molar-refractivity contribution in [2.24, 2.45) is 0 Å². The lowest BCUT2D eigenvalue weighted by Gasteiger charge is -2.08. The number of sulfonamides is 1. The SMILES string of the molecule is O=C(NNS(=O)(=O)c1cccc(Cl)c1)c1sc2ccccc2c1Cl. The highest BCUT2D eigenvalue weighted by molar-refractivity contribution is 7.89. The molecule has 1 heterocycles. The monoisotopic (exact) mass is 400 g/mol. The van der Waals surface area contributed by atoms with Crippen LogP contribution in [0.2, 0.25) is 10.0 Å². The summed E-state index contributed by atoms with van der Waals surface area (Å²) in [5.74, 6) is -0.633. The van der Waals surface area contributed by atoms with Crippen molar-refractivity contribution >= 4 is 60.6 Å². The van der Waals surface area contributed by atoms with Crippen LogP contribution < -0.4 is 10.3 Å². The number of fused-ring (bicyclic) bond motifs is 1. The van der Waals surface area contributed by atoms with E-state index in [-0.39, 0.29) is 19.8 Å². The molecule has 0 aliphatic heterocycles. The summed E-state index contributed by atoms with van der Waals surface area (Å²) in [5.41, 5.74) is 2.16. The molecule has 0 unspecified atom stereocenters. The third kappa shape index (κ3) is 3.40. The molecule has 0 saturated heterocycles. The van der Waals surface area contributed by atoms with Crippen molar-refractivity contribution in [3.05, 3.63) is 63.5 Å². The van der Waals surface area contributed by atoms with E-state index in [2.05, 4.69) is 5.43 Å². The van der Waals surface area contributed by atoms with Crippen LogP contribution in [0.1, 0.15) is 9.67 Å². The van der Waals surface area contributed by atoms with Gasteiger partial charge in [-0.05, 0) is 24.3 Å². The van der Waals surface area contributed by atoms with Crippen LogP contribution in [0.4, 0.5) is 0 Å². The van der Waals surface area contributed by atoms with E-state index >= 15 is 0 Å². The van der Waals surface area contributed by atoms with E-state index in [4.69, 9.17) is 23.2 Å². The zero-order valence-corrected chi connectivity index (χ0v) is 15.1. The van der Waals surface area contributed by atoms with E-state index in [1.807, 2.05) is 23.0 Å². The smallest absolute Gasteiger partial charge is 0.273 e. The molecular formula is C15H10Cl2N2O3S2. The molecule has 0 aliphatic carbocycles. The summed E-state index contributed by atoms with van der Waals surface area (Å²) in [6.45, 7) is 0. The molecule has 0 bridgehead atoms. The number of rotatable bonds is 4. The first-order chi connectivity index (χ1) is 11.4. The van der Waals surface area contributed by atoms with Crippen molar-refractivity contribution in [1.82, 2.24) is 10.3 Å². The molecular weight excluding hydrogens is 391 g/mol. The predicted octanol–water partition coefficient (Wildman–Crippen LogP) is 3.83. The Bertz CT molecular complexity index is 1030. The number of carbonyl (C=O) groups is 1. The van der Waals surface area contributed by atoms with Gasteiger partial charge in [0.25, 0.3) is 15.9 Å². The van der Waals surface area contributed by atoms with Crippen molar-refractivity contribution in [2.75, 3.05) is 0 Å². The summed E-state index contributed by atoms with van der Waals surface area (Å²) < 4.78 is 25.2. The van der Waals surface area contributed by atoms with E-state index < -0.39 is 15.9 Å². The lowest BCUT2D eigenvalue weighted by molar-refractivity contribution is 0.0949. The minimum absolute atomic E-state index is 0.0577. The number of halogens is 2. The lowest BCUT2D eigenvalue weighted by atomic mass is 10.2. The minimum atomic E-state index is -3.93. The maximum absolute atomic E-state index is 12.2.